The van der Waals surface area contributed by atoms with Crippen molar-refractivity contribution in [3.8, 4) is 0 Å². The molecule has 0 spiro atoms. The summed E-state index contributed by atoms with van der Waals surface area (Å²) in [4.78, 5) is 27.6. The lowest BCUT2D eigenvalue weighted by Crippen LogP contribution is -2.40. The Kier molecular flexibility index (Phi) is 2.23. The number of benzene rings is 1. The number of hydrogen-bond acceptors (Lipinski definition) is 2. The van der Waals surface area contributed by atoms with Crippen LogP contribution in [-0.4, -0.2) is 11.8 Å². The van der Waals surface area contributed by atoms with Crippen molar-refractivity contribution in [2.75, 3.05) is 4.90 Å². The van der Waals surface area contributed by atoms with Crippen molar-refractivity contribution >= 4 is 17.5 Å². The molecule has 6 atom stereocenters. The van der Waals surface area contributed by atoms with Gasteiger partial charge >= 0.3 is 0 Å². The van der Waals surface area contributed by atoms with E-state index >= 15 is 0 Å². The highest BCUT2D eigenvalue weighted by molar-refractivity contribution is 6.23. The molecule has 4 aliphatic carbocycles. The van der Waals surface area contributed by atoms with Gasteiger partial charge in [-0.3, -0.25) is 9.59 Å². The monoisotopic (exact) mass is 293 g/mol. The molecule has 1 aromatic carbocycles. The highest BCUT2D eigenvalue weighted by Gasteiger charge is 2.67. The molecule has 2 saturated carbocycles. The van der Waals surface area contributed by atoms with Crippen molar-refractivity contribution in [2.45, 2.75) is 20.3 Å². The van der Waals surface area contributed by atoms with Crippen LogP contribution in [0.3, 0.4) is 0 Å². The smallest absolute Gasteiger partial charge is 0.238 e. The third kappa shape index (κ3) is 1.37. The Bertz CT molecular complexity index is 714. The Labute approximate surface area is 130 Å². The van der Waals surface area contributed by atoms with Crippen LogP contribution in [0.4, 0.5) is 5.69 Å². The number of amides is 2. The SMILES string of the molecule is Cc1ccc(C)c(N2C(=O)[C@@H]3[C@@H]4C=C[C@H]([C@@H]5C[C@H]45)[C@H]3C2=O)c1. The first-order chi connectivity index (χ1) is 10.6. The van der Waals surface area contributed by atoms with Crippen LogP contribution in [0.1, 0.15) is 17.5 Å². The molecule has 3 heteroatoms. The zero-order valence-electron chi connectivity index (χ0n) is 12.8. The van der Waals surface area contributed by atoms with Crippen LogP contribution < -0.4 is 4.90 Å². The number of anilines is 1. The van der Waals surface area contributed by atoms with E-state index in [2.05, 4.69) is 12.2 Å². The standard InChI is InChI=1S/C19H19NO2/c1-9-3-4-10(2)15(7-9)20-18(21)16-11-5-6-12(14-8-13(11)14)17(16)19(20)22/h3-7,11-14,16-17H,8H2,1-2H3/t11-,12-,13-,14+,16-,17-/m1/s1. The van der Waals surface area contributed by atoms with Gasteiger partial charge in [0.05, 0.1) is 17.5 Å². The van der Waals surface area contributed by atoms with Gasteiger partial charge in [-0.2, -0.15) is 0 Å². The van der Waals surface area contributed by atoms with Crippen LogP contribution in [0.25, 0.3) is 0 Å². The van der Waals surface area contributed by atoms with Gasteiger partial charge in [0, 0.05) is 0 Å². The molecule has 1 saturated heterocycles. The maximum Gasteiger partial charge on any atom is 0.238 e. The molecule has 3 fully saturated rings. The quantitative estimate of drug-likeness (QED) is 0.590. The molecule has 6 rings (SSSR count). The predicted molar refractivity (Wildman–Crippen MR) is 83.1 cm³/mol. The Balaban J connectivity index is 1.62. The van der Waals surface area contributed by atoms with Crippen LogP contribution in [0, 0.1) is 49.4 Å². The Morgan fingerprint density at radius 3 is 2.14 bits per heavy atom. The molecule has 22 heavy (non-hydrogen) atoms. The summed E-state index contributed by atoms with van der Waals surface area (Å²) in [5.41, 5.74) is 2.87. The number of rotatable bonds is 1. The van der Waals surface area contributed by atoms with Gasteiger partial charge in [0.2, 0.25) is 11.8 Å². The van der Waals surface area contributed by atoms with Gasteiger partial charge in [-0.15, -0.1) is 0 Å². The van der Waals surface area contributed by atoms with Crippen LogP contribution in [-0.2, 0) is 9.59 Å². The van der Waals surface area contributed by atoms with E-state index in [-0.39, 0.29) is 23.7 Å². The van der Waals surface area contributed by atoms with Crippen molar-refractivity contribution in [2.24, 2.45) is 35.5 Å². The van der Waals surface area contributed by atoms with E-state index in [9.17, 15) is 9.59 Å². The largest absolute Gasteiger partial charge is 0.274 e. The molecule has 112 valence electrons. The molecule has 1 aromatic rings. The number of carbonyl (C=O) groups is 2. The van der Waals surface area contributed by atoms with E-state index in [0.717, 1.165) is 16.8 Å². The normalized spacial score (nSPS) is 40.9. The lowest BCUT2D eigenvalue weighted by molar-refractivity contribution is -0.124. The number of nitrogens with zero attached hydrogens (tertiary/aromatic N) is 1. The maximum atomic E-state index is 13.0. The van der Waals surface area contributed by atoms with Gasteiger partial charge in [-0.05, 0) is 61.1 Å². The van der Waals surface area contributed by atoms with Gasteiger partial charge < -0.3 is 0 Å². The van der Waals surface area contributed by atoms with E-state index in [4.69, 9.17) is 0 Å². The third-order valence-electron chi connectivity index (χ3n) is 6.27. The summed E-state index contributed by atoms with van der Waals surface area (Å²) in [6.07, 6.45) is 5.65. The fraction of sp³-hybridized carbons (Fsp3) is 0.474. The maximum absolute atomic E-state index is 13.0. The summed E-state index contributed by atoms with van der Waals surface area (Å²) >= 11 is 0. The van der Waals surface area contributed by atoms with Gasteiger partial charge in [-0.1, -0.05) is 24.3 Å². The van der Waals surface area contributed by atoms with Crippen molar-refractivity contribution in [1.29, 1.82) is 0 Å². The first-order valence-electron chi connectivity index (χ1n) is 8.21. The fourth-order valence-electron chi connectivity index (χ4n) is 5.15. The van der Waals surface area contributed by atoms with Crippen molar-refractivity contribution in [1.82, 2.24) is 0 Å². The number of aryl methyl sites for hydroxylation is 2. The molecule has 3 nitrogen and oxygen atoms in total. The van der Waals surface area contributed by atoms with Crippen LogP contribution in [0.15, 0.2) is 30.4 Å². The van der Waals surface area contributed by atoms with Crippen molar-refractivity contribution in [3.05, 3.63) is 41.5 Å². The van der Waals surface area contributed by atoms with Crippen LogP contribution >= 0.6 is 0 Å². The Morgan fingerprint density at radius 2 is 1.55 bits per heavy atom. The fourth-order valence-corrected chi connectivity index (χ4v) is 5.15. The molecule has 0 N–H and O–H groups in total. The number of carbonyl (C=O) groups excluding carboxylic acids is 2. The van der Waals surface area contributed by atoms with E-state index in [1.165, 1.54) is 11.3 Å². The summed E-state index contributed by atoms with van der Waals surface area (Å²) < 4.78 is 0. The van der Waals surface area contributed by atoms with Crippen molar-refractivity contribution < 1.29 is 9.59 Å². The molecule has 0 unspecified atom stereocenters. The average Bonchev–Trinajstić information content (AvgIpc) is 3.28. The first-order valence-corrected chi connectivity index (χ1v) is 8.21. The number of imide groups is 1. The molecule has 1 heterocycles. The second-order valence-electron chi connectivity index (χ2n) is 7.46. The molecular weight excluding hydrogens is 274 g/mol. The van der Waals surface area contributed by atoms with Crippen molar-refractivity contribution in [3.63, 3.8) is 0 Å². The van der Waals surface area contributed by atoms with E-state index in [1.807, 2.05) is 32.0 Å². The second-order valence-corrected chi connectivity index (χ2v) is 7.46. The highest BCUT2D eigenvalue weighted by atomic mass is 16.2. The second kappa shape index (κ2) is 3.89. The molecule has 2 amide bonds. The van der Waals surface area contributed by atoms with Gasteiger partial charge in [0.15, 0.2) is 0 Å². The first kappa shape index (κ1) is 12.6. The lowest BCUT2D eigenvalue weighted by Gasteiger charge is -2.37. The summed E-state index contributed by atoms with van der Waals surface area (Å²) in [6, 6.07) is 5.99. The minimum absolute atomic E-state index is 0.0356. The summed E-state index contributed by atoms with van der Waals surface area (Å²) in [6.45, 7) is 3.98. The summed E-state index contributed by atoms with van der Waals surface area (Å²) in [5.74, 6) is 1.77. The van der Waals surface area contributed by atoms with E-state index < -0.39 is 0 Å². The molecular formula is C19H19NO2. The zero-order valence-corrected chi connectivity index (χ0v) is 12.8. The summed E-state index contributed by atoms with van der Waals surface area (Å²) in [7, 11) is 0. The summed E-state index contributed by atoms with van der Waals surface area (Å²) in [5, 5.41) is 0. The van der Waals surface area contributed by atoms with Crippen LogP contribution in [0.5, 0.6) is 0 Å². The third-order valence-corrected chi connectivity index (χ3v) is 6.27. The topological polar surface area (TPSA) is 37.4 Å². The number of allylic oxidation sites excluding steroid dienone is 2. The van der Waals surface area contributed by atoms with Gasteiger partial charge in [-0.25, -0.2) is 4.90 Å². The van der Waals surface area contributed by atoms with Crippen LogP contribution in [0.2, 0.25) is 0 Å². The minimum Gasteiger partial charge on any atom is -0.274 e. The average molecular weight is 293 g/mol. The molecule has 1 aliphatic heterocycles. The molecule has 0 radical (unpaired) electrons. The van der Waals surface area contributed by atoms with E-state index in [0.29, 0.717) is 23.7 Å². The molecule has 0 aromatic heterocycles. The van der Waals surface area contributed by atoms with Gasteiger partial charge in [0.1, 0.15) is 0 Å². The Morgan fingerprint density at radius 1 is 0.955 bits per heavy atom. The number of hydrogen-bond donors (Lipinski definition) is 0. The predicted octanol–water partition coefficient (Wildman–Crippen LogP) is 2.86. The zero-order chi connectivity index (χ0) is 15.2. The molecule has 2 bridgehead atoms. The minimum atomic E-state index is -0.105. The lowest BCUT2D eigenvalue weighted by atomic mass is 9.63. The van der Waals surface area contributed by atoms with Gasteiger partial charge in [0.25, 0.3) is 0 Å². The Hall–Kier alpha value is -1.90. The highest BCUT2D eigenvalue weighted by Crippen LogP contribution is 2.65. The molecule has 5 aliphatic rings. The van der Waals surface area contributed by atoms with E-state index in [1.54, 1.807) is 0 Å².